The molecule has 0 radical (unpaired) electrons. The van der Waals surface area contributed by atoms with Crippen molar-refractivity contribution in [2.24, 2.45) is 5.16 Å². The maximum atomic E-state index is 13.7. The van der Waals surface area contributed by atoms with Crippen LogP contribution < -0.4 is 0 Å². The van der Waals surface area contributed by atoms with E-state index >= 15 is 0 Å². The first-order valence-corrected chi connectivity index (χ1v) is 17.3. The van der Waals surface area contributed by atoms with Crippen molar-refractivity contribution in [1.82, 2.24) is 0 Å². The van der Waals surface area contributed by atoms with E-state index < -0.39 is 48.3 Å². The zero-order chi connectivity index (χ0) is 36.5. The number of ether oxygens (including phenoxy) is 4. The predicted molar refractivity (Wildman–Crippen MR) is 196 cm³/mol. The van der Waals surface area contributed by atoms with E-state index in [4.69, 9.17) is 23.8 Å². The minimum atomic E-state index is -1.64. The lowest BCUT2D eigenvalue weighted by molar-refractivity contribution is -0.105. The van der Waals surface area contributed by atoms with Crippen LogP contribution in [0.2, 0.25) is 0 Å². The van der Waals surface area contributed by atoms with Crippen LogP contribution in [0, 0.1) is 0 Å². The fraction of sp³-hybridized carbons (Fsp3) is 0.146. The van der Waals surface area contributed by atoms with E-state index in [0.717, 1.165) is 11.8 Å². The summed E-state index contributed by atoms with van der Waals surface area (Å²) in [4.78, 5) is 60.0. The third-order valence-electron chi connectivity index (χ3n) is 7.55. The first-order valence-electron chi connectivity index (χ1n) is 16.2. The Morgan fingerprint density at radius 1 is 0.500 bits per heavy atom. The molecular weight excluding hydrogens is 730 g/mol. The van der Waals surface area contributed by atoms with Crippen LogP contribution in [0.25, 0.3) is 0 Å². The number of oxime groups is 1. The molecule has 0 aliphatic heterocycles. The topological polar surface area (TPSA) is 127 Å². The van der Waals surface area contributed by atoms with Gasteiger partial charge < -0.3 is 23.8 Å². The fourth-order valence-electron chi connectivity index (χ4n) is 4.91. The van der Waals surface area contributed by atoms with Crippen molar-refractivity contribution in [2.75, 3.05) is 5.33 Å². The second kappa shape index (κ2) is 19.4. The van der Waals surface area contributed by atoms with Gasteiger partial charge in [-0.15, -0.1) is 0 Å². The Kier molecular flexibility index (Phi) is 13.8. The van der Waals surface area contributed by atoms with E-state index in [1.54, 1.807) is 97.1 Å². The summed E-state index contributed by atoms with van der Waals surface area (Å²) in [6.45, 7) is 0.0658. The lowest BCUT2D eigenvalue weighted by Crippen LogP contribution is -2.53. The quantitative estimate of drug-likeness (QED) is 0.0330. The molecule has 11 heteroatoms. The summed E-state index contributed by atoms with van der Waals surface area (Å²) in [7, 11) is 0. The minimum Gasteiger partial charge on any atom is -0.454 e. The maximum absolute atomic E-state index is 13.7. The number of rotatable bonds is 16. The molecular formula is C41H34BrNO9. The Morgan fingerprint density at radius 2 is 0.865 bits per heavy atom. The molecule has 5 aromatic rings. The van der Waals surface area contributed by atoms with E-state index in [1.165, 1.54) is 24.3 Å². The molecule has 0 aromatic heterocycles. The van der Waals surface area contributed by atoms with Gasteiger partial charge in [-0.05, 0) is 54.1 Å². The van der Waals surface area contributed by atoms with Crippen molar-refractivity contribution in [3.63, 3.8) is 0 Å². The molecule has 0 spiro atoms. The Morgan fingerprint density at radius 3 is 1.29 bits per heavy atom. The SMILES string of the molecule is O=C(O[C@@H]([C@H](OC(=O)c1ccccc1)[C@@H](CBr)OC(=O)c1ccccc1)[C@H](/C=N/OCc1ccccc1)OC(=O)c1ccccc1)c1ccccc1. The van der Waals surface area contributed by atoms with Gasteiger partial charge in [0, 0.05) is 5.33 Å². The molecule has 0 unspecified atom stereocenters. The molecule has 0 heterocycles. The number of alkyl halides is 1. The monoisotopic (exact) mass is 763 g/mol. The van der Waals surface area contributed by atoms with Crippen molar-refractivity contribution in [3.05, 3.63) is 179 Å². The van der Waals surface area contributed by atoms with E-state index in [0.29, 0.717) is 0 Å². The largest absolute Gasteiger partial charge is 0.454 e. The van der Waals surface area contributed by atoms with Crippen LogP contribution in [-0.4, -0.2) is 59.8 Å². The van der Waals surface area contributed by atoms with Crippen molar-refractivity contribution in [1.29, 1.82) is 0 Å². The second-order valence-corrected chi connectivity index (χ2v) is 11.8. The molecule has 0 fully saturated rings. The smallest absolute Gasteiger partial charge is 0.338 e. The predicted octanol–water partition coefficient (Wildman–Crippen LogP) is 7.49. The van der Waals surface area contributed by atoms with Crippen LogP contribution in [0.15, 0.2) is 157 Å². The lowest BCUT2D eigenvalue weighted by Gasteiger charge is -2.34. The van der Waals surface area contributed by atoms with Crippen molar-refractivity contribution >= 4 is 46.0 Å². The number of carbonyl (C=O) groups excluding carboxylic acids is 4. The van der Waals surface area contributed by atoms with Crippen LogP contribution in [0.3, 0.4) is 0 Å². The Labute approximate surface area is 309 Å². The molecule has 5 rings (SSSR count). The van der Waals surface area contributed by atoms with Crippen LogP contribution in [0.4, 0.5) is 0 Å². The third kappa shape index (κ3) is 10.7. The highest BCUT2D eigenvalue weighted by molar-refractivity contribution is 9.09. The zero-order valence-corrected chi connectivity index (χ0v) is 29.3. The van der Waals surface area contributed by atoms with E-state index in [-0.39, 0.29) is 34.2 Å². The Bertz CT molecular complexity index is 1910. The standard InChI is InChI=1S/C41H34BrNO9/c42-26-34(49-38(44)30-18-8-2-9-19-30)36(51-40(46)32-22-12-4-13-23-32)37(52-41(47)33-24-14-5-15-25-33)35(50-39(45)31-20-10-3-11-21-31)27-43-48-28-29-16-6-1-7-17-29/h1-25,27,34-37H,26,28H2/b43-27+/t34-,35+,36-,37-/m1/s1. The molecule has 0 saturated carbocycles. The number of halogens is 1. The van der Waals surface area contributed by atoms with Gasteiger partial charge in [0.15, 0.2) is 24.4 Å². The molecule has 5 aromatic carbocycles. The van der Waals surface area contributed by atoms with Gasteiger partial charge in [-0.25, -0.2) is 19.2 Å². The highest BCUT2D eigenvalue weighted by atomic mass is 79.9. The highest BCUT2D eigenvalue weighted by Crippen LogP contribution is 2.24. The van der Waals surface area contributed by atoms with Crippen LogP contribution in [0.5, 0.6) is 0 Å². The lowest BCUT2D eigenvalue weighted by atomic mass is 10.0. The number of hydrogen-bond acceptors (Lipinski definition) is 10. The van der Waals surface area contributed by atoms with Gasteiger partial charge in [0.2, 0.25) is 0 Å². The third-order valence-corrected chi connectivity index (χ3v) is 8.19. The summed E-state index contributed by atoms with van der Waals surface area (Å²) in [5.41, 5.74) is 1.54. The van der Waals surface area contributed by atoms with Gasteiger partial charge in [0.1, 0.15) is 6.61 Å². The molecule has 52 heavy (non-hydrogen) atoms. The van der Waals surface area contributed by atoms with Crippen LogP contribution in [-0.2, 0) is 30.4 Å². The minimum absolute atomic E-state index is 0.0658. The molecule has 264 valence electrons. The molecule has 0 aliphatic rings. The number of carbonyl (C=O) groups is 4. The Balaban J connectivity index is 1.58. The van der Waals surface area contributed by atoms with Gasteiger partial charge >= 0.3 is 23.9 Å². The summed E-state index contributed by atoms with van der Waals surface area (Å²) >= 11 is 3.39. The average Bonchev–Trinajstić information content (AvgIpc) is 3.21. The molecule has 0 amide bonds. The number of esters is 4. The molecule has 10 nitrogen and oxygen atoms in total. The molecule has 0 N–H and O–H groups in total. The summed E-state index contributed by atoms with van der Waals surface area (Å²) in [5, 5.41) is 3.99. The molecule has 0 saturated heterocycles. The van der Waals surface area contributed by atoms with Gasteiger partial charge in [0.25, 0.3) is 0 Å². The van der Waals surface area contributed by atoms with Gasteiger partial charge in [-0.2, -0.15) is 0 Å². The zero-order valence-electron chi connectivity index (χ0n) is 27.7. The Hall–Kier alpha value is -6.07. The van der Waals surface area contributed by atoms with Crippen LogP contribution >= 0.6 is 15.9 Å². The maximum Gasteiger partial charge on any atom is 0.338 e. The first-order chi connectivity index (χ1) is 25.4. The van der Waals surface area contributed by atoms with Crippen molar-refractivity contribution < 1.29 is 43.0 Å². The summed E-state index contributed by atoms with van der Waals surface area (Å²) in [6.07, 6.45) is -4.89. The molecule has 4 atom stereocenters. The molecule has 0 aliphatic carbocycles. The number of nitrogens with zero attached hydrogens (tertiary/aromatic N) is 1. The second-order valence-electron chi connectivity index (χ2n) is 11.2. The van der Waals surface area contributed by atoms with Crippen molar-refractivity contribution in [3.8, 4) is 0 Å². The van der Waals surface area contributed by atoms with E-state index in [2.05, 4.69) is 21.1 Å². The van der Waals surface area contributed by atoms with Gasteiger partial charge in [-0.1, -0.05) is 124 Å². The summed E-state index contributed by atoms with van der Waals surface area (Å²) in [5.74, 6) is -3.20. The van der Waals surface area contributed by atoms with Crippen molar-refractivity contribution in [2.45, 2.75) is 31.0 Å². The average molecular weight is 765 g/mol. The van der Waals surface area contributed by atoms with Gasteiger partial charge in [0.05, 0.1) is 28.5 Å². The van der Waals surface area contributed by atoms with E-state index in [9.17, 15) is 19.2 Å². The first kappa shape index (κ1) is 37.2. The van der Waals surface area contributed by atoms with Gasteiger partial charge in [-0.3, -0.25) is 0 Å². The summed E-state index contributed by atoms with van der Waals surface area (Å²) in [6, 6.07) is 41.8. The number of benzene rings is 5. The highest BCUT2D eigenvalue weighted by Gasteiger charge is 2.44. The normalized spacial score (nSPS) is 13.2. The van der Waals surface area contributed by atoms with E-state index in [1.807, 2.05) is 30.3 Å². The molecule has 0 bridgehead atoms. The van der Waals surface area contributed by atoms with Crippen LogP contribution in [0.1, 0.15) is 47.0 Å². The summed E-state index contributed by atoms with van der Waals surface area (Å²) < 4.78 is 24.0. The fourth-order valence-corrected chi connectivity index (χ4v) is 5.41. The number of hydrogen-bond donors (Lipinski definition) is 0.